The number of ether oxygens (including phenoxy) is 3. The Morgan fingerprint density at radius 1 is 0.811 bits per heavy atom. The summed E-state index contributed by atoms with van der Waals surface area (Å²) in [6.45, 7) is 5.32. The number of rotatable bonds is 13. The highest BCUT2D eigenvalue weighted by atomic mass is 16.7. The Hall–Kier alpha value is -5.06. The first-order valence-corrected chi connectivity index (χ1v) is 18.2. The van der Waals surface area contributed by atoms with Gasteiger partial charge in [-0.05, 0) is 58.6 Å². The lowest BCUT2D eigenvalue weighted by Gasteiger charge is -2.43. The molecule has 0 bridgehead atoms. The highest BCUT2D eigenvalue weighted by Gasteiger charge is 2.39. The van der Waals surface area contributed by atoms with Crippen LogP contribution in [0.2, 0.25) is 0 Å². The van der Waals surface area contributed by atoms with E-state index < -0.39 is 24.3 Å². The maximum absolute atomic E-state index is 12.8. The second-order valence-corrected chi connectivity index (χ2v) is 13.9. The molecule has 9 nitrogen and oxygen atoms in total. The molecule has 1 saturated heterocycles. The predicted octanol–water partition coefficient (Wildman–Crippen LogP) is 7.40. The first kappa shape index (κ1) is 37.7. The van der Waals surface area contributed by atoms with Gasteiger partial charge in [0.05, 0.1) is 25.9 Å². The molecule has 5 aromatic carbocycles. The topological polar surface area (TPSA) is 109 Å². The number of hydrogen-bond donors (Lipinski definition) is 3. The van der Waals surface area contributed by atoms with Crippen LogP contribution in [0.25, 0.3) is 10.8 Å². The van der Waals surface area contributed by atoms with E-state index in [0.717, 1.165) is 27.8 Å². The molecule has 1 fully saturated rings. The zero-order valence-corrected chi connectivity index (χ0v) is 30.8. The molecular formula is C44H49N3O6. The summed E-state index contributed by atoms with van der Waals surface area (Å²) in [4.78, 5) is 27.6. The van der Waals surface area contributed by atoms with Crippen LogP contribution in [0.5, 0.6) is 0 Å². The van der Waals surface area contributed by atoms with Gasteiger partial charge in [-0.2, -0.15) is 0 Å². The van der Waals surface area contributed by atoms with E-state index in [1.165, 1.54) is 23.4 Å². The van der Waals surface area contributed by atoms with Crippen molar-refractivity contribution in [1.29, 1.82) is 0 Å². The normalized spacial score (nSPS) is 19.7. The molecule has 0 aliphatic carbocycles. The number of carbonyl (C=O) groups is 2. The van der Waals surface area contributed by atoms with Crippen LogP contribution in [0.1, 0.15) is 65.7 Å². The molecule has 1 heterocycles. The van der Waals surface area contributed by atoms with Gasteiger partial charge in [0, 0.05) is 37.0 Å². The van der Waals surface area contributed by atoms with Crippen molar-refractivity contribution in [3.05, 3.63) is 155 Å². The number of carbonyl (C=O) groups excluding carboxylic acids is 2. The Labute approximate surface area is 311 Å². The molecule has 1 aliphatic heterocycles. The van der Waals surface area contributed by atoms with Crippen molar-refractivity contribution in [3.8, 4) is 0 Å². The maximum atomic E-state index is 12.8. The van der Waals surface area contributed by atoms with Crippen LogP contribution < -0.4 is 10.6 Å². The Bertz CT molecular complexity index is 1950. The van der Waals surface area contributed by atoms with Crippen LogP contribution in [0.15, 0.2) is 121 Å². The van der Waals surface area contributed by atoms with Gasteiger partial charge in [-0.15, -0.1) is 0 Å². The molecular weight excluding hydrogens is 666 g/mol. The fourth-order valence-corrected chi connectivity index (χ4v) is 6.86. The van der Waals surface area contributed by atoms with E-state index in [1.807, 2.05) is 78.9 Å². The predicted molar refractivity (Wildman–Crippen MR) is 206 cm³/mol. The molecule has 6 atom stereocenters. The van der Waals surface area contributed by atoms with Crippen LogP contribution in [0.3, 0.4) is 0 Å². The molecule has 0 aromatic heterocycles. The van der Waals surface area contributed by atoms with Crippen LogP contribution in [0.4, 0.5) is 4.79 Å². The van der Waals surface area contributed by atoms with Crippen molar-refractivity contribution >= 4 is 22.8 Å². The van der Waals surface area contributed by atoms with Crippen LogP contribution in [-0.2, 0) is 38.6 Å². The van der Waals surface area contributed by atoms with Gasteiger partial charge < -0.3 is 30.0 Å². The third-order valence-electron chi connectivity index (χ3n) is 10.3. The first-order valence-electron chi connectivity index (χ1n) is 18.2. The third kappa shape index (κ3) is 9.49. The lowest BCUT2D eigenvalue weighted by Crippen LogP contribution is -2.47. The molecule has 53 heavy (non-hydrogen) atoms. The number of urea groups is 1. The van der Waals surface area contributed by atoms with Crippen molar-refractivity contribution in [3.63, 3.8) is 0 Å². The highest BCUT2D eigenvalue weighted by Crippen LogP contribution is 2.42. The van der Waals surface area contributed by atoms with Crippen LogP contribution >= 0.6 is 0 Å². The minimum atomic E-state index is -0.817. The van der Waals surface area contributed by atoms with Crippen molar-refractivity contribution in [2.75, 3.05) is 20.7 Å². The van der Waals surface area contributed by atoms with Gasteiger partial charge in [0.2, 0.25) is 0 Å². The third-order valence-corrected chi connectivity index (χ3v) is 10.3. The number of hydrogen-bond acceptors (Lipinski definition) is 7. The van der Waals surface area contributed by atoms with E-state index in [4.69, 9.17) is 14.2 Å². The second kappa shape index (κ2) is 17.6. The van der Waals surface area contributed by atoms with E-state index in [2.05, 4.69) is 78.9 Å². The Morgan fingerprint density at radius 3 is 2.17 bits per heavy atom. The number of aliphatic hydroxyl groups excluding tert-OH is 1. The highest BCUT2D eigenvalue weighted by molar-refractivity contribution is 5.84. The van der Waals surface area contributed by atoms with Gasteiger partial charge in [-0.1, -0.05) is 122 Å². The summed E-state index contributed by atoms with van der Waals surface area (Å²) < 4.78 is 18.4. The number of nitrogens with zero attached hydrogens (tertiary/aromatic N) is 1. The van der Waals surface area contributed by atoms with Gasteiger partial charge in [-0.3, -0.25) is 4.90 Å². The van der Waals surface area contributed by atoms with Gasteiger partial charge in [0.25, 0.3) is 0 Å². The van der Waals surface area contributed by atoms with Crippen LogP contribution in [-0.4, -0.2) is 54.9 Å². The quantitative estimate of drug-likeness (QED) is 0.109. The van der Waals surface area contributed by atoms with Crippen molar-refractivity contribution in [2.24, 2.45) is 5.92 Å². The average Bonchev–Trinajstić information content (AvgIpc) is 3.20. The summed E-state index contributed by atoms with van der Waals surface area (Å²) >= 11 is 0. The number of likely N-dealkylation sites (N-methyl/N-ethyl adjacent to an activating group) is 1. The Morgan fingerprint density at radius 2 is 1.47 bits per heavy atom. The molecule has 6 rings (SSSR count). The number of esters is 1. The number of aliphatic hydroxyl groups is 1. The minimum Gasteiger partial charge on any atom is -0.467 e. The zero-order chi connectivity index (χ0) is 37.3. The van der Waals surface area contributed by atoms with E-state index in [0.29, 0.717) is 13.0 Å². The van der Waals surface area contributed by atoms with Crippen molar-refractivity contribution in [2.45, 2.75) is 64.0 Å². The number of methoxy groups -OCH3 is 1. The monoisotopic (exact) mass is 715 g/mol. The number of nitrogens with one attached hydrogen (secondary N) is 2. The van der Waals surface area contributed by atoms with Gasteiger partial charge >= 0.3 is 12.0 Å². The van der Waals surface area contributed by atoms with E-state index in [-0.39, 0.29) is 37.3 Å². The lowest BCUT2D eigenvalue weighted by atomic mass is 9.89. The molecule has 276 valence electrons. The van der Waals surface area contributed by atoms with Gasteiger partial charge in [0.15, 0.2) is 6.29 Å². The molecule has 0 spiro atoms. The van der Waals surface area contributed by atoms with E-state index in [9.17, 15) is 14.7 Å². The SMILES string of the molecule is COC(=O)[C@H](Cc1ccccc1)NC(=O)NCc1ccc([C@H]2O[C@@H](CN(C)[C@H](C)c3ccc4ccccc4c3)[C@@H](C)[C@@H](c3ccc(CO)cc3)O2)cc1. The summed E-state index contributed by atoms with van der Waals surface area (Å²) in [5.74, 6) is -0.472. The summed E-state index contributed by atoms with van der Waals surface area (Å²) in [5.41, 5.74) is 5.78. The summed E-state index contributed by atoms with van der Waals surface area (Å²) in [7, 11) is 3.45. The molecule has 3 N–H and O–H groups in total. The number of amides is 2. The lowest BCUT2D eigenvalue weighted by molar-refractivity contribution is -0.276. The molecule has 0 saturated carbocycles. The van der Waals surface area contributed by atoms with Crippen molar-refractivity contribution < 1.29 is 28.9 Å². The number of fused-ring (bicyclic) bond motifs is 1. The van der Waals surface area contributed by atoms with Crippen molar-refractivity contribution in [1.82, 2.24) is 15.5 Å². The molecule has 0 radical (unpaired) electrons. The summed E-state index contributed by atoms with van der Waals surface area (Å²) in [5, 5.41) is 17.7. The molecule has 1 aliphatic rings. The fraction of sp³-hybridized carbons (Fsp3) is 0.318. The smallest absolute Gasteiger partial charge is 0.328 e. The Balaban J connectivity index is 1.13. The second-order valence-electron chi connectivity index (χ2n) is 13.9. The summed E-state index contributed by atoms with van der Waals surface area (Å²) in [6.07, 6.45) is -0.680. The standard InChI is InChI=1S/C44H49N3O6/c1-29-40(27-47(3)30(2)37-23-22-34-12-8-9-13-38(34)25-37)52-43(53-41(29)35-18-16-33(28-48)17-19-35)36-20-14-32(15-21-36)26-45-44(50)46-39(42(49)51-4)24-31-10-6-5-7-11-31/h5-23,25,29-30,39-41,43,48H,24,26-28H2,1-4H3,(H2,45,46,50)/t29-,30-,39+,40+,41+,43+/m1/s1. The minimum absolute atomic E-state index is 0.0183. The maximum Gasteiger partial charge on any atom is 0.328 e. The van der Waals surface area contributed by atoms with E-state index >= 15 is 0 Å². The molecule has 9 heteroatoms. The zero-order valence-electron chi connectivity index (χ0n) is 30.8. The van der Waals surface area contributed by atoms with Gasteiger partial charge in [0.1, 0.15) is 6.04 Å². The fourth-order valence-electron chi connectivity index (χ4n) is 6.86. The largest absolute Gasteiger partial charge is 0.467 e. The van der Waals surface area contributed by atoms with E-state index in [1.54, 1.807) is 0 Å². The average molecular weight is 716 g/mol. The molecule has 2 amide bonds. The molecule has 5 aromatic rings. The number of benzene rings is 5. The first-order chi connectivity index (χ1) is 25.7. The Kier molecular flexibility index (Phi) is 12.5. The van der Waals surface area contributed by atoms with Crippen LogP contribution in [0, 0.1) is 5.92 Å². The summed E-state index contributed by atoms with van der Waals surface area (Å²) in [6, 6.07) is 39.2. The van der Waals surface area contributed by atoms with Gasteiger partial charge in [-0.25, -0.2) is 9.59 Å². The molecule has 0 unspecified atom stereocenters.